The van der Waals surface area contributed by atoms with E-state index < -0.39 is 0 Å². The average Bonchev–Trinajstić information content (AvgIpc) is 2.38. The van der Waals surface area contributed by atoms with Gasteiger partial charge in [-0.3, -0.25) is 0 Å². The van der Waals surface area contributed by atoms with Gasteiger partial charge in [0.15, 0.2) is 0 Å². The Bertz CT molecular complexity index is 329. The van der Waals surface area contributed by atoms with Crippen LogP contribution in [-0.2, 0) is 6.54 Å². The Hall–Kier alpha value is -1.06. The van der Waals surface area contributed by atoms with Crippen molar-refractivity contribution in [3.8, 4) is 0 Å². The van der Waals surface area contributed by atoms with Crippen LogP contribution in [0.1, 0.15) is 25.3 Å². The van der Waals surface area contributed by atoms with Gasteiger partial charge in [0.2, 0.25) is 0 Å². The summed E-state index contributed by atoms with van der Waals surface area (Å²) in [6.45, 7) is 6.00. The van der Waals surface area contributed by atoms with Crippen molar-refractivity contribution < 1.29 is 5.11 Å². The molecule has 1 heterocycles. The first kappa shape index (κ1) is 12.4. The number of aliphatic hydroxyl groups is 1. The Morgan fingerprint density at radius 3 is 2.47 bits per heavy atom. The summed E-state index contributed by atoms with van der Waals surface area (Å²) in [5, 5.41) is 12.8. The zero-order chi connectivity index (χ0) is 12.1. The third kappa shape index (κ3) is 3.45. The highest BCUT2D eigenvalue weighted by Crippen LogP contribution is 2.20. The Kier molecular flexibility index (Phi) is 4.40. The van der Waals surface area contributed by atoms with Gasteiger partial charge in [-0.25, -0.2) is 0 Å². The molecule has 1 aromatic rings. The summed E-state index contributed by atoms with van der Waals surface area (Å²) in [6.07, 6.45) is 1.68. The first-order valence-electron chi connectivity index (χ1n) is 6.52. The maximum Gasteiger partial charge on any atom is 0.0574 e. The number of nitrogens with one attached hydrogen (secondary N) is 1. The maximum absolute atomic E-state index is 9.48. The van der Waals surface area contributed by atoms with E-state index in [1.165, 1.54) is 11.3 Å². The van der Waals surface area contributed by atoms with Gasteiger partial charge < -0.3 is 15.3 Å². The van der Waals surface area contributed by atoms with E-state index in [9.17, 15) is 5.11 Å². The van der Waals surface area contributed by atoms with Crippen molar-refractivity contribution in [2.45, 2.75) is 32.4 Å². The molecular formula is C14H22N2O. The lowest BCUT2D eigenvalue weighted by Crippen LogP contribution is -2.35. The molecule has 0 saturated carbocycles. The van der Waals surface area contributed by atoms with Crippen LogP contribution in [0.2, 0.25) is 0 Å². The van der Waals surface area contributed by atoms with E-state index >= 15 is 0 Å². The van der Waals surface area contributed by atoms with Crippen molar-refractivity contribution in [2.24, 2.45) is 0 Å². The van der Waals surface area contributed by atoms with Gasteiger partial charge in [0, 0.05) is 25.3 Å². The van der Waals surface area contributed by atoms with E-state index in [0.717, 1.165) is 39.0 Å². The summed E-state index contributed by atoms with van der Waals surface area (Å²) < 4.78 is 0. The summed E-state index contributed by atoms with van der Waals surface area (Å²) in [7, 11) is 0. The van der Waals surface area contributed by atoms with Gasteiger partial charge in [-0.15, -0.1) is 0 Å². The lowest BCUT2D eigenvalue weighted by Gasteiger charge is -2.31. The fourth-order valence-electron chi connectivity index (χ4n) is 2.22. The molecule has 1 aliphatic rings. The van der Waals surface area contributed by atoms with E-state index in [1.54, 1.807) is 0 Å². The number of rotatable bonds is 4. The largest absolute Gasteiger partial charge is 0.393 e. The van der Waals surface area contributed by atoms with Crippen LogP contribution in [0.3, 0.4) is 0 Å². The molecule has 94 valence electrons. The molecule has 0 amide bonds. The lowest BCUT2D eigenvalue weighted by atomic mass is 10.1. The predicted octanol–water partition coefficient (Wildman–Crippen LogP) is 1.76. The number of nitrogens with zero attached hydrogens (tertiary/aromatic N) is 1. The first-order valence-corrected chi connectivity index (χ1v) is 6.52. The monoisotopic (exact) mass is 234 g/mol. The topological polar surface area (TPSA) is 35.5 Å². The van der Waals surface area contributed by atoms with Gasteiger partial charge in [-0.2, -0.15) is 0 Å². The van der Waals surface area contributed by atoms with E-state index in [2.05, 4.69) is 41.4 Å². The molecule has 0 radical (unpaired) electrons. The van der Waals surface area contributed by atoms with Crippen LogP contribution in [0, 0.1) is 0 Å². The summed E-state index contributed by atoms with van der Waals surface area (Å²) in [6, 6.07) is 8.74. The molecule has 0 aliphatic carbocycles. The second-order valence-electron chi connectivity index (χ2n) is 4.66. The summed E-state index contributed by atoms with van der Waals surface area (Å²) in [4.78, 5) is 2.35. The van der Waals surface area contributed by atoms with Crippen LogP contribution in [0.15, 0.2) is 24.3 Å². The lowest BCUT2D eigenvalue weighted by molar-refractivity contribution is 0.145. The number of hydrogen-bond acceptors (Lipinski definition) is 3. The van der Waals surface area contributed by atoms with Gasteiger partial charge in [0.1, 0.15) is 0 Å². The van der Waals surface area contributed by atoms with Crippen LogP contribution < -0.4 is 10.2 Å². The Morgan fingerprint density at radius 2 is 1.88 bits per heavy atom. The minimum Gasteiger partial charge on any atom is -0.393 e. The van der Waals surface area contributed by atoms with Crippen LogP contribution in [-0.4, -0.2) is 30.8 Å². The number of hydrogen-bond donors (Lipinski definition) is 2. The molecule has 0 bridgehead atoms. The number of piperidine rings is 1. The minimum absolute atomic E-state index is 0.0979. The fourth-order valence-corrected chi connectivity index (χ4v) is 2.22. The molecule has 0 unspecified atom stereocenters. The summed E-state index contributed by atoms with van der Waals surface area (Å²) in [5.41, 5.74) is 2.60. The molecule has 3 heteroatoms. The number of anilines is 1. The Morgan fingerprint density at radius 1 is 1.24 bits per heavy atom. The Labute approximate surface area is 103 Å². The molecule has 3 nitrogen and oxygen atoms in total. The molecule has 17 heavy (non-hydrogen) atoms. The SMILES string of the molecule is CCNCc1ccc(N2CCC(O)CC2)cc1. The molecule has 2 N–H and O–H groups in total. The molecule has 0 aromatic heterocycles. The zero-order valence-electron chi connectivity index (χ0n) is 10.5. The van der Waals surface area contributed by atoms with Gasteiger partial charge in [-0.05, 0) is 37.1 Å². The van der Waals surface area contributed by atoms with E-state index in [1.807, 2.05) is 0 Å². The van der Waals surface area contributed by atoms with Crippen molar-refractivity contribution in [3.63, 3.8) is 0 Å². The molecule has 0 spiro atoms. The predicted molar refractivity (Wildman–Crippen MR) is 71.3 cm³/mol. The molecule has 1 aliphatic heterocycles. The van der Waals surface area contributed by atoms with Crippen LogP contribution in [0.5, 0.6) is 0 Å². The molecule has 1 saturated heterocycles. The van der Waals surface area contributed by atoms with Gasteiger partial charge in [0.25, 0.3) is 0 Å². The van der Waals surface area contributed by atoms with Crippen molar-refractivity contribution in [2.75, 3.05) is 24.5 Å². The second kappa shape index (κ2) is 6.03. The van der Waals surface area contributed by atoms with Crippen molar-refractivity contribution in [1.29, 1.82) is 0 Å². The average molecular weight is 234 g/mol. The van der Waals surface area contributed by atoms with Crippen LogP contribution in [0.4, 0.5) is 5.69 Å². The summed E-state index contributed by atoms with van der Waals surface area (Å²) in [5.74, 6) is 0. The fraction of sp³-hybridized carbons (Fsp3) is 0.571. The van der Waals surface area contributed by atoms with E-state index in [0.29, 0.717) is 0 Å². The number of aliphatic hydroxyl groups excluding tert-OH is 1. The highest BCUT2D eigenvalue weighted by Gasteiger charge is 2.16. The third-order valence-electron chi connectivity index (χ3n) is 3.35. The Balaban J connectivity index is 1.93. The normalized spacial score (nSPS) is 17.4. The highest BCUT2D eigenvalue weighted by molar-refractivity contribution is 5.48. The van der Waals surface area contributed by atoms with Crippen molar-refractivity contribution >= 4 is 5.69 Å². The molecule has 1 fully saturated rings. The third-order valence-corrected chi connectivity index (χ3v) is 3.35. The van der Waals surface area contributed by atoms with Crippen molar-refractivity contribution in [1.82, 2.24) is 5.32 Å². The maximum atomic E-state index is 9.48. The molecule has 1 aromatic carbocycles. The van der Waals surface area contributed by atoms with Gasteiger partial charge in [0.05, 0.1) is 6.10 Å². The molecular weight excluding hydrogens is 212 g/mol. The first-order chi connectivity index (χ1) is 8.29. The van der Waals surface area contributed by atoms with Crippen LogP contribution in [0.25, 0.3) is 0 Å². The quantitative estimate of drug-likeness (QED) is 0.833. The zero-order valence-corrected chi connectivity index (χ0v) is 10.5. The van der Waals surface area contributed by atoms with E-state index in [-0.39, 0.29) is 6.10 Å². The van der Waals surface area contributed by atoms with Crippen molar-refractivity contribution in [3.05, 3.63) is 29.8 Å². The van der Waals surface area contributed by atoms with E-state index in [4.69, 9.17) is 0 Å². The molecule has 0 atom stereocenters. The molecule has 2 rings (SSSR count). The second-order valence-corrected chi connectivity index (χ2v) is 4.66. The minimum atomic E-state index is -0.0979. The van der Waals surface area contributed by atoms with Gasteiger partial charge in [-0.1, -0.05) is 19.1 Å². The summed E-state index contributed by atoms with van der Waals surface area (Å²) >= 11 is 0. The standard InChI is InChI=1S/C14H22N2O/c1-2-15-11-12-3-5-13(6-4-12)16-9-7-14(17)8-10-16/h3-6,14-15,17H,2,7-11H2,1H3. The van der Waals surface area contributed by atoms with Crippen LogP contribution >= 0.6 is 0 Å². The highest BCUT2D eigenvalue weighted by atomic mass is 16.3. The smallest absolute Gasteiger partial charge is 0.0574 e. The number of benzene rings is 1. The van der Waals surface area contributed by atoms with Gasteiger partial charge >= 0.3 is 0 Å².